The molecule has 0 aromatic heterocycles. The van der Waals surface area contributed by atoms with E-state index in [1.54, 1.807) is 47.8 Å². The van der Waals surface area contributed by atoms with E-state index in [2.05, 4.69) is 0 Å². The number of piperidine rings is 1. The average molecular weight is 409 g/mol. The minimum absolute atomic E-state index is 0.142. The van der Waals surface area contributed by atoms with E-state index >= 15 is 0 Å². The van der Waals surface area contributed by atoms with Gasteiger partial charge in [0.1, 0.15) is 5.41 Å². The van der Waals surface area contributed by atoms with E-state index < -0.39 is 17.1 Å². The predicted molar refractivity (Wildman–Crippen MR) is 104 cm³/mol. The fourth-order valence-electron chi connectivity index (χ4n) is 4.20. The van der Waals surface area contributed by atoms with Gasteiger partial charge in [0.15, 0.2) is 5.72 Å². The van der Waals surface area contributed by atoms with Gasteiger partial charge in [0, 0.05) is 34.6 Å². The van der Waals surface area contributed by atoms with Crippen molar-refractivity contribution >= 4 is 29.2 Å². The third-order valence-corrected chi connectivity index (χ3v) is 6.47. The maximum atomic E-state index is 11.9. The normalized spacial score (nSPS) is 27.7. The maximum absolute atomic E-state index is 11.9. The van der Waals surface area contributed by atoms with Gasteiger partial charge in [-0.2, -0.15) is 5.01 Å². The molecule has 1 aromatic rings. The molecule has 0 spiro atoms. The van der Waals surface area contributed by atoms with Crippen molar-refractivity contribution in [2.75, 3.05) is 6.54 Å². The van der Waals surface area contributed by atoms with Gasteiger partial charge >= 0.3 is 5.97 Å². The summed E-state index contributed by atoms with van der Waals surface area (Å²) in [7, 11) is 0. The number of hydrazine groups is 1. The van der Waals surface area contributed by atoms with Crippen molar-refractivity contribution in [3.8, 4) is 0 Å². The van der Waals surface area contributed by atoms with Crippen LogP contribution in [-0.4, -0.2) is 32.7 Å². The average Bonchev–Trinajstić information content (AvgIpc) is 3.47. The van der Waals surface area contributed by atoms with Crippen molar-refractivity contribution in [3.63, 3.8) is 0 Å². The summed E-state index contributed by atoms with van der Waals surface area (Å²) in [6.45, 7) is 0.607. The van der Waals surface area contributed by atoms with E-state index in [9.17, 15) is 15.0 Å². The largest absolute Gasteiger partial charge is 0.480 e. The fourth-order valence-corrected chi connectivity index (χ4v) is 4.90. The summed E-state index contributed by atoms with van der Waals surface area (Å²) >= 11 is 12.8. The van der Waals surface area contributed by atoms with Gasteiger partial charge in [-0.05, 0) is 62.3 Å². The zero-order chi connectivity index (χ0) is 19.2. The SMILES string of the molecule is O=C(O)C1(C2CC2)C=CN(N2CCCCC2(O)c2c(Cl)cccc2Cl)C=C1. The Morgan fingerprint density at radius 1 is 1.11 bits per heavy atom. The predicted octanol–water partition coefficient (Wildman–Crippen LogP) is 4.36. The highest BCUT2D eigenvalue weighted by molar-refractivity contribution is 6.36. The Hall–Kier alpha value is -1.53. The lowest BCUT2D eigenvalue weighted by Crippen LogP contribution is -2.55. The molecule has 4 rings (SSSR count). The lowest BCUT2D eigenvalue weighted by atomic mass is 9.81. The number of carboxylic acid groups (broad SMARTS) is 1. The molecule has 144 valence electrons. The second-order valence-electron chi connectivity index (χ2n) is 7.52. The smallest absolute Gasteiger partial charge is 0.317 e. The molecule has 1 saturated carbocycles. The quantitative estimate of drug-likeness (QED) is 0.774. The summed E-state index contributed by atoms with van der Waals surface area (Å²) in [5.74, 6) is -0.692. The van der Waals surface area contributed by atoms with E-state index in [1.165, 1.54) is 0 Å². The maximum Gasteiger partial charge on any atom is 0.317 e. The molecule has 2 N–H and O–H groups in total. The van der Waals surface area contributed by atoms with E-state index in [1.807, 2.05) is 5.01 Å². The van der Waals surface area contributed by atoms with Gasteiger partial charge in [-0.1, -0.05) is 29.3 Å². The molecule has 0 bridgehead atoms. The standard InChI is InChI=1S/C20H22Cl2N2O3/c21-15-4-3-5-16(22)17(15)20(27)8-1-2-11-24(20)23-12-9-19(10-13-23,18(25)26)14-6-7-14/h3-5,9-10,12-14,27H,1-2,6-8,11H2,(H,25,26). The van der Waals surface area contributed by atoms with Crippen LogP contribution in [0.2, 0.25) is 10.0 Å². The summed E-state index contributed by atoms with van der Waals surface area (Å²) in [5.41, 5.74) is -1.82. The van der Waals surface area contributed by atoms with Crippen molar-refractivity contribution in [1.29, 1.82) is 0 Å². The van der Waals surface area contributed by atoms with Crippen molar-refractivity contribution in [1.82, 2.24) is 10.0 Å². The second-order valence-corrected chi connectivity index (χ2v) is 8.33. The molecule has 1 atom stereocenters. The van der Waals surface area contributed by atoms with Crippen molar-refractivity contribution < 1.29 is 15.0 Å². The van der Waals surface area contributed by atoms with Crippen LogP contribution in [0, 0.1) is 11.3 Å². The third-order valence-electron chi connectivity index (χ3n) is 5.84. The van der Waals surface area contributed by atoms with Crippen LogP contribution in [0.3, 0.4) is 0 Å². The molecule has 1 unspecified atom stereocenters. The Balaban J connectivity index is 1.68. The van der Waals surface area contributed by atoms with Crippen LogP contribution < -0.4 is 0 Å². The Morgan fingerprint density at radius 3 is 2.30 bits per heavy atom. The van der Waals surface area contributed by atoms with Crippen molar-refractivity contribution in [3.05, 3.63) is 58.4 Å². The minimum Gasteiger partial charge on any atom is -0.480 e. The van der Waals surface area contributed by atoms with E-state index in [-0.39, 0.29) is 5.92 Å². The van der Waals surface area contributed by atoms with Crippen LogP contribution in [0.1, 0.15) is 37.7 Å². The first-order valence-electron chi connectivity index (χ1n) is 9.23. The van der Waals surface area contributed by atoms with Crippen molar-refractivity contribution in [2.45, 2.75) is 37.8 Å². The number of carboxylic acids is 1. The number of nitrogens with zero attached hydrogens (tertiary/aromatic N) is 2. The van der Waals surface area contributed by atoms with Gasteiger partial charge in [-0.15, -0.1) is 0 Å². The number of halogens is 2. The minimum atomic E-state index is -1.36. The molecule has 5 nitrogen and oxygen atoms in total. The molecule has 2 heterocycles. The molecule has 27 heavy (non-hydrogen) atoms. The number of hydrogen-bond donors (Lipinski definition) is 2. The number of hydrogen-bond acceptors (Lipinski definition) is 4. The van der Waals surface area contributed by atoms with Crippen LogP contribution in [0.5, 0.6) is 0 Å². The van der Waals surface area contributed by atoms with E-state index in [0.29, 0.717) is 28.6 Å². The molecule has 1 aromatic carbocycles. The molecule has 1 saturated heterocycles. The zero-order valence-corrected chi connectivity index (χ0v) is 16.3. The van der Waals surface area contributed by atoms with E-state index in [4.69, 9.17) is 23.2 Å². The highest BCUT2D eigenvalue weighted by Gasteiger charge is 2.50. The molecule has 3 aliphatic rings. The van der Waals surface area contributed by atoms with Gasteiger partial charge in [0.05, 0.1) is 0 Å². The number of carbonyl (C=O) groups is 1. The Labute approximate surface area is 168 Å². The monoisotopic (exact) mass is 408 g/mol. The summed E-state index contributed by atoms with van der Waals surface area (Å²) in [6, 6.07) is 5.19. The van der Waals surface area contributed by atoms with Crippen LogP contribution in [0.25, 0.3) is 0 Å². The molecule has 0 amide bonds. The number of aliphatic hydroxyl groups is 1. The Kier molecular flexibility index (Phi) is 4.75. The molecule has 0 radical (unpaired) electrons. The molecular formula is C20H22Cl2N2O3. The van der Waals surface area contributed by atoms with Gasteiger partial charge in [0.25, 0.3) is 0 Å². The number of benzene rings is 1. The molecule has 2 aliphatic heterocycles. The third kappa shape index (κ3) is 3.07. The summed E-state index contributed by atoms with van der Waals surface area (Å²) in [5, 5.41) is 25.8. The first-order chi connectivity index (χ1) is 12.9. The summed E-state index contributed by atoms with van der Waals surface area (Å²) in [4.78, 5) is 11.9. The molecule has 1 aliphatic carbocycles. The molecular weight excluding hydrogens is 387 g/mol. The Morgan fingerprint density at radius 2 is 1.74 bits per heavy atom. The lowest BCUT2D eigenvalue weighted by Gasteiger charge is -2.49. The van der Waals surface area contributed by atoms with Crippen molar-refractivity contribution in [2.24, 2.45) is 11.3 Å². The lowest BCUT2D eigenvalue weighted by molar-refractivity contribution is -0.209. The highest BCUT2D eigenvalue weighted by atomic mass is 35.5. The van der Waals surface area contributed by atoms with Crippen LogP contribution in [0.4, 0.5) is 0 Å². The van der Waals surface area contributed by atoms with Gasteiger partial charge in [-0.25, -0.2) is 0 Å². The summed E-state index contributed by atoms with van der Waals surface area (Å²) in [6.07, 6.45) is 11.0. The van der Waals surface area contributed by atoms with Crippen LogP contribution in [0.15, 0.2) is 42.8 Å². The second kappa shape index (κ2) is 6.82. The van der Waals surface area contributed by atoms with E-state index in [0.717, 1.165) is 25.7 Å². The highest BCUT2D eigenvalue weighted by Crippen LogP contribution is 2.50. The first kappa shape index (κ1) is 18.8. The molecule has 7 heteroatoms. The number of aliphatic carboxylic acids is 1. The van der Waals surface area contributed by atoms with Gasteiger partial charge in [0.2, 0.25) is 0 Å². The fraction of sp³-hybridized carbons (Fsp3) is 0.450. The number of rotatable bonds is 4. The first-order valence-corrected chi connectivity index (χ1v) is 9.99. The van der Waals surface area contributed by atoms with Crippen LogP contribution in [-0.2, 0) is 10.5 Å². The topological polar surface area (TPSA) is 64.0 Å². The van der Waals surface area contributed by atoms with Gasteiger partial charge < -0.3 is 10.2 Å². The zero-order valence-electron chi connectivity index (χ0n) is 14.8. The van der Waals surface area contributed by atoms with Gasteiger partial charge in [-0.3, -0.25) is 9.80 Å². The summed E-state index contributed by atoms with van der Waals surface area (Å²) < 4.78 is 0. The Bertz CT molecular complexity index is 787. The van der Waals surface area contributed by atoms with Crippen LogP contribution >= 0.6 is 23.2 Å². The molecule has 2 fully saturated rings.